The van der Waals surface area contributed by atoms with Gasteiger partial charge in [0, 0.05) is 6.61 Å². The molecule has 0 radical (unpaired) electrons. The van der Waals surface area contributed by atoms with Crippen LogP contribution >= 0.6 is 18.6 Å². The van der Waals surface area contributed by atoms with E-state index >= 15 is 0 Å². The Kier molecular flexibility index (Phi) is 59.6. The summed E-state index contributed by atoms with van der Waals surface area (Å²) in [5.41, 5.74) is 0. The third-order valence-corrected chi connectivity index (χ3v) is 8.34. The number of hydrogen-bond donors (Lipinski definition) is 1. The summed E-state index contributed by atoms with van der Waals surface area (Å²) in [6.07, 6.45) is 46.4. The molecule has 0 atom stereocenters. The third kappa shape index (κ3) is 59.2. The Labute approximate surface area is 290 Å². The minimum absolute atomic E-state index is 0.250. The zero-order valence-electron chi connectivity index (χ0n) is 29.9. The van der Waals surface area contributed by atoms with Crippen LogP contribution in [0.3, 0.4) is 0 Å². The van der Waals surface area contributed by atoms with Crippen molar-refractivity contribution < 1.29 is 22.1 Å². The molecule has 0 spiro atoms. The number of hydrogen-bond acceptors (Lipinski definition) is 1. The molecule has 0 saturated carbocycles. The molecule has 2 nitrogen and oxygen atoms in total. The van der Waals surface area contributed by atoms with Crippen LogP contribution in [0.5, 0.6) is 0 Å². The van der Waals surface area contributed by atoms with E-state index < -0.39 is 17.0 Å². The molecule has 0 aliphatic carbocycles. The Morgan fingerprint density at radius 2 is 0.488 bits per heavy atom. The topological polar surface area (TPSA) is 34.3 Å². The first-order valence-electron chi connectivity index (χ1n) is 19.4. The Balaban J connectivity index is -0.00000244. The van der Waals surface area contributed by atoms with Gasteiger partial charge in [-0.05, 0) is 6.92 Å². The molecule has 0 aliphatic rings. The van der Waals surface area contributed by atoms with Crippen molar-refractivity contribution in [3.63, 3.8) is 0 Å². The van der Waals surface area contributed by atoms with Gasteiger partial charge in [0.15, 0.2) is 0 Å². The van der Waals surface area contributed by atoms with Gasteiger partial charge in [0.2, 0.25) is 0 Å². The minimum atomic E-state index is -0.556. The van der Waals surface area contributed by atoms with Crippen molar-refractivity contribution in [1.29, 1.82) is 0 Å². The third-order valence-electron chi connectivity index (χ3n) is 8.34. The van der Waals surface area contributed by atoms with Crippen molar-refractivity contribution in [2.45, 2.75) is 226 Å². The molecule has 0 saturated heterocycles. The normalized spacial score (nSPS) is 10.7. The van der Waals surface area contributed by atoms with E-state index in [1.807, 2.05) is 0 Å². The van der Waals surface area contributed by atoms with E-state index in [0.717, 1.165) is 13.1 Å². The number of rotatable bonds is 34. The van der Waals surface area contributed by atoms with Gasteiger partial charge >= 0.3 is 35.6 Å². The van der Waals surface area contributed by atoms with Gasteiger partial charge in [0.25, 0.3) is 0 Å². The van der Waals surface area contributed by atoms with Crippen molar-refractivity contribution >= 4 is 18.6 Å². The predicted molar refractivity (Wildman–Crippen MR) is 197 cm³/mol. The van der Waals surface area contributed by atoms with Gasteiger partial charge in [-0.3, -0.25) is 0 Å². The van der Waals surface area contributed by atoms with E-state index in [9.17, 15) is 0 Å². The summed E-state index contributed by atoms with van der Waals surface area (Å²) in [6.45, 7) is 8.78. The fourth-order valence-electron chi connectivity index (χ4n) is 5.66. The van der Waals surface area contributed by atoms with E-state index in [1.54, 1.807) is 6.92 Å². The molecule has 0 aromatic rings. The average Bonchev–Trinajstić information content (AvgIpc) is 3.00. The number of halogens is 2. The van der Waals surface area contributed by atoms with Crippen LogP contribution in [0.25, 0.3) is 5.32 Å². The first-order chi connectivity index (χ1) is 21.2. The zero-order valence-corrected chi connectivity index (χ0v) is 33.0. The molecule has 0 heterocycles. The Bertz CT molecular complexity index is 381. The summed E-state index contributed by atoms with van der Waals surface area (Å²) in [4.78, 5) is 0. The molecule has 262 valence electrons. The molecule has 5 heteroatoms. The molecular weight excluding hydrogens is 605 g/mol. The molecule has 0 fully saturated rings. The maximum atomic E-state index is 7.57. The van der Waals surface area contributed by atoms with Gasteiger partial charge in [-0.25, -0.2) is 0 Å². The second kappa shape index (κ2) is 52.7. The Hall–Kier alpha value is 1.21. The maximum absolute atomic E-state index is 7.57. The van der Waals surface area contributed by atoms with Gasteiger partial charge in [-0.2, -0.15) is 0 Å². The van der Waals surface area contributed by atoms with E-state index in [0.29, 0.717) is 0 Å². The summed E-state index contributed by atoms with van der Waals surface area (Å²) in [7, 11) is 9.78. The molecule has 0 rings (SSSR count). The Morgan fingerprint density at radius 1 is 0.349 bits per heavy atom. The first kappa shape index (κ1) is 48.6. The number of aliphatic hydroxyl groups is 1. The predicted octanol–water partition coefficient (Wildman–Crippen LogP) is 15.3. The second-order valence-electron chi connectivity index (χ2n) is 12.7. The van der Waals surface area contributed by atoms with Gasteiger partial charge < -0.3 is 10.4 Å². The fourth-order valence-corrected chi connectivity index (χ4v) is 5.66. The molecule has 0 aromatic heterocycles. The summed E-state index contributed by atoms with van der Waals surface area (Å²) < 4.78 is 0. The van der Waals surface area contributed by atoms with Crippen molar-refractivity contribution in [2.24, 2.45) is 0 Å². The number of nitrogens with zero attached hydrogens (tertiary/aromatic N) is 1. The standard InChI is InChI=1S/C36H74N.C2H6O.2ClH.Ti/c1-3-5-7-9-11-13-15-17-19-21-23-25-27-29-31-33-35-37-36-34-32-30-28-26-24-22-20-18-16-14-12-10-8-6-4-2;1-2-3;;;/h3-36H2,1-2H3;3H,2H2,1H3;2*1H;/q-1;;;;+2/p-2. The zero-order chi connectivity index (χ0) is 32.2. The van der Waals surface area contributed by atoms with Crippen molar-refractivity contribution in [3.8, 4) is 0 Å². The summed E-state index contributed by atoms with van der Waals surface area (Å²) in [5.74, 6) is 0. The van der Waals surface area contributed by atoms with Gasteiger partial charge in [0.1, 0.15) is 0 Å². The first-order valence-corrected chi connectivity index (χ1v) is 23.7. The van der Waals surface area contributed by atoms with E-state index in [1.165, 1.54) is 205 Å². The summed E-state index contributed by atoms with van der Waals surface area (Å²) in [5, 5.41) is 12.3. The average molecular weight is 686 g/mol. The molecule has 1 N–H and O–H groups in total. The molecule has 43 heavy (non-hydrogen) atoms. The van der Waals surface area contributed by atoms with Crippen LogP contribution in [0.1, 0.15) is 226 Å². The van der Waals surface area contributed by atoms with Crippen LogP contribution in [0.15, 0.2) is 0 Å². The summed E-state index contributed by atoms with van der Waals surface area (Å²) >= 11 is -0.556. The molecule has 0 unspecified atom stereocenters. The molecule has 0 bridgehead atoms. The van der Waals surface area contributed by atoms with Crippen LogP contribution in [0.2, 0.25) is 0 Å². The molecular formula is C38H80Cl2NOTi-. The van der Waals surface area contributed by atoms with Gasteiger partial charge in [-0.1, -0.05) is 219 Å². The molecule has 0 amide bonds. The van der Waals surface area contributed by atoms with Crippen LogP contribution in [-0.4, -0.2) is 24.8 Å². The molecule has 0 aromatic carbocycles. The van der Waals surface area contributed by atoms with E-state index in [2.05, 4.69) is 13.8 Å². The quantitative estimate of drug-likeness (QED) is 0.0531. The monoisotopic (exact) mass is 685 g/mol. The van der Waals surface area contributed by atoms with Crippen LogP contribution in [0, 0.1) is 0 Å². The van der Waals surface area contributed by atoms with Crippen molar-refractivity contribution in [2.75, 3.05) is 19.7 Å². The summed E-state index contributed by atoms with van der Waals surface area (Å²) in [6, 6.07) is 0. The van der Waals surface area contributed by atoms with E-state index in [4.69, 9.17) is 29.0 Å². The van der Waals surface area contributed by atoms with Crippen LogP contribution in [-0.2, 0) is 17.0 Å². The number of unbranched alkanes of at least 4 members (excludes halogenated alkanes) is 30. The van der Waals surface area contributed by atoms with Crippen molar-refractivity contribution in [3.05, 3.63) is 5.32 Å². The number of aliphatic hydroxyl groups excluding tert-OH is 1. The van der Waals surface area contributed by atoms with Crippen LogP contribution < -0.4 is 0 Å². The van der Waals surface area contributed by atoms with Gasteiger partial charge in [0.05, 0.1) is 0 Å². The molecule has 0 aliphatic heterocycles. The van der Waals surface area contributed by atoms with Crippen molar-refractivity contribution in [1.82, 2.24) is 0 Å². The fraction of sp³-hybridized carbons (Fsp3) is 1.00. The SMILES string of the molecule is CCCCCCCCCCCCCCCCCC[N-]CCCCCCCCCCCCCCCCCC.CCO.[Cl][Ti][Cl]. The Morgan fingerprint density at radius 3 is 0.651 bits per heavy atom. The van der Waals surface area contributed by atoms with E-state index in [-0.39, 0.29) is 6.61 Å². The van der Waals surface area contributed by atoms with Crippen LogP contribution in [0.4, 0.5) is 0 Å². The second-order valence-corrected chi connectivity index (χ2v) is 15.2. The van der Waals surface area contributed by atoms with Gasteiger partial charge in [-0.15, -0.1) is 13.1 Å².